The quantitative estimate of drug-likeness (QED) is 0.644. The predicted octanol–water partition coefficient (Wildman–Crippen LogP) is 1.59. The Balaban J connectivity index is 4.34. The van der Waals surface area contributed by atoms with Gasteiger partial charge in [-0.3, -0.25) is 4.55 Å². The first-order chi connectivity index (χ1) is 6.43. The van der Waals surface area contributed by atoms with Crippen LogP contribution in [-0.4, -0.2) is 29.4 Å². The Hall–Kier alpha value is -0.130. The average molecular weight is 224 g/mol. The van der Waals surface area contributed by atoms with Crippen molar-refractivity contribution < 1.29 is 18.1 Å². The molecule has 4 nitrogen and oxygen atoms in total. The van der Waals surface area contributed by atoms with E-state index in [1.54, 1.807) is 0 Å². The molecule has 0 bridgehead atoms. The van der Waals surface area contributed by atoms with E-state index in [1.165, 1.54) is 0 Å². The van der Waals surface area contributed by atoms with E-state index in [1.807, 2.05) is 13.8 Å². The van der Waals surface area contributed by atoms with Gasteiger partial charge in [0.25, 0.3) is 10.1 Å². The minimum absolute atomic E-state index is 0.309. The molecule has 0 heterocycles. The van der Waals surface area contributed by atoms with Crippen LogP contribution in [-0.2, 0) is 10.1 Å². The summed E-state index contributed by atoms with van der Waals surface area (Å²) in [6, 6.07) is 0. The van der Waals surface area contributed by atoms with Crippen molar-refractivity contribution in [2.75, 3.05) is 0 Å². The molecule has 5 heteroatoms. The molecule has 0 saturated heterocycles. The summed E-state index contributed by atoms with van der Waals surface area (Å²) in [7, 11) is -4.11. The predicted molar refractivity (Wildman–Crippen MR) is 55.8 cm³/mol. The summed E-state index contributed by atoms with van der Waals surface area (Å²) in [5, 5.41) is 8.55. The second-order valence-corrected chi connectivity index (χ2v) is 5.19. The Morgan fingerprint density at radius 3 is 2.07 bits per heavy atom. The van der Waals surface area contributed by atoms with Gasteiger partial charge in [-0.2, -0.15) is 8.42 Å². The molecule has 0 aliphatic rings. The average Bonchev–Trinajstić information content (AvgIpc) is 2.08. The van der Waals surface area contributed by atoms with Gasteiger partial charge in [-0.05, 0) is 12.8 Å². The summed E-state index contributed by atoms with van der Waals surface area (Å²) < 4.78 is 30.7. The zero-order chi connectivity index (χ0) is 11.2. The summed E-state index contributed by atoms with van der Waals surface area (Å²) in [5.41, 5.74) is 0. The van der Waals surface area contributed by atoms with Crippen LogP contribution in [0.15, 0.2) is 0 Å². The SMILES string of the molecule is CCCCC(O)C(CCC)S(=O)(=O)O. The van der Waals surface area contributed by atoms with E-state index < -0.39 is 21.5 Å². The van der Waals surface area contributed by atoms with Gasteiger partial charge in [-0.15, -0.1) is 0 Å². The molecule has 0 aliphatic carbocycles. The second kappa shape index (κ2) is 6.37. The fourth-order valence-electron chi connectivity index (χ4n) is 1.42. The van der Waals surface area contributed by atoms with Gasteiger partial charge in [-0.25, -0.2) is 0 Å². The highest BCUT2D eigenvalue weighted by molar-refractivity contribution is 7.86. The highest BCUT2D eigenvalue weighted by Crippen LogP contribution is 2.16. The number of aliphatic hydroxyl groups is 1. The van der Waals surface area contributed by atoms with Crippen molar-refractivity contribution >= 4 is 10.1 Å². The molecular weight excluding hydrogens is 204 g/mol. The Labute approximate surface area is 86.1 Å². The fourth-order valence-corrected chi connectivity index (χ4v) is 2.49. The molecule has 0 rings (SSSR count). The first-order valence-corrected chi connectivity index (χ1v) is 6.58. The van der Waals surface area contributed by atoms with Crippen LogP contribution in [0.1, 0.15) is 46.0 Å². The van der Waals surface area contributed by atoms with E-state index in [2.05, 4.69) is 0 Å². The third-order valence-corrected chi connectivity index (χ3v) is 3.55. The molecule has 2 N–H and O–H groups in total. The van der Waals surface area contributed by atoms with E-state index in [0.717, 1.165) is 12.8 Å². The standard InChI is InChI=1S/C9H20O4S/c1-3-5-7-8(10)9(6-4-2)14(11,12)13/h8-10H,3-7H2,1-2H3,(H,11,12,13). The summed E-state index contributed by atoms with van der Waals surface area (Å²) in [6.07, 6.45) is 2.11. The van der Waals surface area contributed by atoms with Crippen molar-refractivity contribution in [1.82, 2.24) is 0 Å². The van der Waals surface area contributed by atoms with Crippen molar-refractivity contribution in [2.45, 2.75) is 57.3 Å². The van der Waals surface area contributed by atoms with Gasteiger partial charge >= 0.3 is 0 Å². The summed E-state index contributed by atoms with van der Waals surface area (Å²) >= 11 is 0. The molecule has 0 aromatic heterocycles. The van der Waals surface area contributed by atoms with Crippen LogP contribution in [0.2, 0.25) is 0 Å². The van der Waals surface area contributed by atoms with Gasteiger partial charge in [0.15, 0.2) is 0 Å². The van der Waals surface area contributed by atoms with Crippen LogP contribution in [0.3, 0.4) is 0 Å². The molecule has 0 spiro atoms. The van der Waals surface area contributed by atoms with Gasteiger partial charge in [0.2, 0.25) is 0 Å². The van der Waals surface area contributed by atoms with Crippen molar-refractivity contribution in [3.8, 4) is 0 Å². The maximum Gasteiger partial charge on any atom is 0.270 e. The van der Waals surface area contributed by atoms with Crippen molar-refractivity contribution in [3.63, 3.8) is 0 Å². The first-order valence-electron chi connectivity index (χ1n) is 5.07. The Bertz CT molecular complexity index is 235. The second-order valence-electron chi connectivity index (χ2n) is 3.55. The Kier molecular flexibility index (Phi) is 6.31. The zero-order valence-corrected chi connectivity index (χ0v) is 9.63. The van der Waals surface area contributed by atoms with E-state index in [0.29, 0.717) is 19.3 Å². The van der Waals surface area contributed by atoms with Crippen LogP contribution in [0, 0.1) is 0 Å². The minimum atomic E-state index is -4.11. The highest BCUT2D eigenvalue weighted by atomic mass is 32.2. The van der Waals surface area contributed by atoms with E-state index >= 15 is 0 Å². The van der Waals surface area contributed by atoms with Crippen molar-refractivity contribution in [3.05, 3.63) is 0 Å². The third kappa shape index (κ3) is 4.93. The molecule has 0 radical (unpaired) electrons. The molecule has 2 atom stereocenters. The summed E-state index contributed by atoms with van der Waals surface area (Å²) in [6.45, 7) is 3.79. The molecular formula is C9H20O4S. The molecule has 0 saturated carbocycles. The Morgan fingerprint density at radius 1 is 1.14 bits per heavy atom. The summed E-state index contributed by atoms with van der Waals surface area (Å²) in [4.78, 5) is 0. The number of aliphatic hydroxyl groups excluding tert-OH is 1. The molecule has 14 heavy (non-hydrogen) atoms. The van der Waals surface area contributed by atoms with Crippen LogP contribution in [0.5, 0.6) is 0 Å². The smallest absolute Gasteiger partial charge is 0.270 e. The molecule has 0 fully saturated rings. The van der Waals surface area contributed by atoms with Gasteiger partial charge in [0.05, 0.1) is 6.10 Å². The minimum Gasteiger partial charge on any atom is -0.392 e. The van der Waals surface area contributed by atoms with Gasteiger partial charge in [0, 0.05) is 0 Å². The molecule has 86 valence electrons. The fraction of sp³-hybridized carbons (Fsp3) is 1.00. The van der Waals surface area contributed by atoms with Gasteiger partial charge in [-0.1, -0.05) is 33.1 Å². The molecule has 0 aromatic carbocycles. The zero-order valence-electron chi connectivity index (χ0n) is 8.81. The number of hydrogen-bond donors (Lipinski definition) is 2. The number of hydrogen-bond acceptors (Lipinski definition) is 3. The maximum absolute atomic E-state index is 10.9. The lowest BCUT2D eigenvalue weighted by atomic mass is 10.1. The highest BCUT2D eigenvalue weighted by Gasteiger charge is 2.29. The van der Waals surface area contributed by atoms with Crippen LogP contribution in [0.4, 0.5) is 0 Å². The normalized spacial score (nSPS) is 16.6. The largest absolute Gasteiger partial charge is 0.392 e. The molecule has 0 aromatic rings. The van der Waals surface area contributed by atoms with Crippen LogP contribution < -0.4 is 0 Å². The van der Waals surface area contributed by atoms with E-state index in [4.69, 9.17) is 4.55 Å². The number of rotatable bonds is 7. The van der Waals surface area contributed by atoms with E-state index in [9.17, 15) is 13.5 Å². The number of unbranched alkanes of at least 4 members (excludes halogenated alkanes) is 1. The van der Waals surface area contributed by atoms with Gasteiger partial charge in [0.1, 0.15) is 5.25 Å². The molecule has 0 aliphatic heterocycles. The maximum atomic E-state index is 10.9. The third-order valence-electron chi connectivity index (χ3n) is 2.24. The molecule has 0 amide bonds. The van der Waals surface area contributed by atoms with Crippen molar-refractivity contribution in [2.24, 2.45) is 0 Å². The lowest BCUT2D eigenvalue weighted by molar-refractivity contribution is 0.148. The monoisotopic (exact) mass is 224 g/mol. The van der Waals surface area contributed by atoms with Crippen LogP contribution in [0.25, 0.3) is 0 Å². The van der Waals surface area contributed by atoms with Crippen molar-refractivity contribution in [1.29, 1.82) is 0 Å². The first kappa shape index (κ1) is 13.9. The lowest BCUT2D eigenvalue weighted by Gasteiger charge is -2.19. The van der Waals surface area contributed by atoms with Gasteiger partial charge < -0.3 is 5.11 Å². The molecule has 2 unspecified atom stereocenters. The topological polar surface area (TPSA) is 74.6 Å². The lowest BCUT2D eigenvalue weighted by Crippen LogP contribution is -2.33. The van der Waals surface area contributed by atoms with E-state index in [-0.39, 0.29) is 0 Å². The van der Waals surface area contributed by atoms with Crippen LogP contribution >= 0.6 is 0 Å². The summed E-state index contributed by atoms with van der Waals surface area (Å²) in [5.74, 6) is 0. The Morgan fingerprint density at radius 2 is 1.71 bits per heavy atom.